The third-order valence-corrected chi connectivity index (χ3v) is 5.80. The van der Waals surface area contributed by atoms with Crippen molar-refractivity contribution in [2.45, 2.75) is 6.42 Å². The molecule has 6 heteroatoms. The van der Waals surface area contributed by atoms with E-state index in [1.165, 1.54) is 11.3 Å². The van der Waals surface area contributed by atoms with Crippen LogP contribution in [0.5, 0.6) is 0 Å². The summed E-state index contributed by atoms with van der Waals surface area (Å²) in [6.45, 7) is 0. The van der Waals surface area contributed by atoms with Crippen LogP contribution in [0, 0.1) is 0 Å². The summed E-state index contributed by atoms with van der Waals surface area (Å²) in [6, 6.07) is 19.3. The second-order valence-corrected chi connectivity index (χ2v) is 7.79. The van der Waals surface area contributed by atoms with E-state index in [1.54, 1.807) is 6.08 Å². The number of nitrogens with zero attached hydrogens (tertiary/aromatic N) is 1. The van der Waals surface area contributed by atoms with E-state index in [2.05, 4.69) is 20.9 Å². The van der Waals surface area contributed by atoms with Gasteiger partial charge in [0.2, 0.25) is 0 Å². The van der Waals surface area contributed by atoms with E-state index in [0.717, 1.165) is 20.3 Å². The molecule has 2 aromatic heterocycles. The molecule has 2 heterocycles. The number of furan rings is 1. The van der Waals surface area contributed by atoms with Crippen LogP contribution in [-0.4, -0.2) is 16.1 Å². The first kappa shape index (κ1) is 17.7. The quantitative estimate of drug-likeness (QED) is 0.394. The van der Waals surface area contributed by atoms with Gasteiger partial charge in [0.05, 0.1) is 16.6 Å². The van der Waals surface area contributed by atoms with E-state index in [0.29, 0.717) is 22.1 Å². The van der Waals surface area contributed by atoms with Gasteiger partial charge in [0, 0.05) is 15.6 Å². The first-order chi connectivity index (χ1) is 13.1. The van der Waals surface area contributed by atoms with Crippen molar-refractivity contribution in [3.05, 3.63) is 75.9 Å². The number of benzene rings is 2. The molecule has 0 amide bonds. The van der Waals surface area contributed by atoms with Crippen LogP contribution in [0.4, 0.5) is 0 Å². The number of halogens is 1. The minimum atomic E-state index is -0.905. The molecule has 0 aliphatic heterocycles. The molecular formula is C21H14BrNO3S. The first-order valence-corrected chi connectivity index (χ1v) is 9.84. The van der Waals surface area contributed by atoms with Gasteiger partial charge in [-0.25, -0.2) is 4.98 Å². The van der Waals surface area contributed by atoms with Crippen LogP contribution >= 0.6 is 27.3 Å². The van der Waals surface area contributed by atoms with Crippen LogP contribution in [0.15, 0.2) is 69.6 Å². The van der Waals surface area contributed by atoms with Crippen molar-refractivity contribution in [1.29, 1.82) is 0 Å². The predicted octanol–water partition coefficient (Wildman–Crippen LogP) is 6.33. The molecule has 0 fully saturated rings. The zero-order chi connectivity index (χ0) is 18.8. The molecule has 0 saturated heterocycles. The lowest BCUT2D eigenvalue weighted by Crippen LogP contribution is -1.96. The zero-order valence-electron chi connectivity index (χ0n) is 14.1. The molecule has 0 unspecified atom stereocenters. The van der Waals surface area contributed by atoms with Gasteiger partial charge in [-0.15, -0.1) is 11.3 Å². The topological polar surface area (TPSA) is 63.3 Å². The second-order valence-electron chi connectivity index (χ2n) is 5.91. The number of hydrogen-bond donors (Lipinski definition) is 1. The summed E-state index contributed by atoms with van der Waals surface area (Å²) in [7, 11) is 0. The van der Waals surface area contributed by atoms with Crippen LogP contribution in [0.2, 0.25) is 0 Å². The van der Waals surface area contributed by atoms with E-state index in [9.17, 15) is 9.90 Å². The van der Waals surface area contributed by atoms with E-state index in [4.69, 9.17) is 4.42 Å². The van der Waals surface area contributed by atoms with Crippen LogP contribution in [0.1, 0.15) is 17.2 Å². The highest BCUT2D eigenvalue weighted by atomic mass is 79.9. The number of aromatic nitrogens is 1. The predicted molar refractivity (Wildman–Crippen MR) is 112 cm³/mol. The van der Waals surface area contributed by atoms with Gasteiger partial charge in [0.1, 0.15) is 16.5 Å². The second kappa shape index (κ2) is 7.50. The van der Waals surface area contributed by atoms with Gasteiger partial charge in [0.15, 0.2) is 0 Å². The van der Waals surface area contributed by atoms with Crippen molar-refractivity contribution in [1.82, 2.24) is 4.98 Å². The van der Waals surface area contributed by atoms with Gasteiger partial charge in [-0.1, -0.05) is 46.3 Å². The molecule has 0 aliphatic rings. The molecular weight excluding hydrogens is 426 g/mol. The smallest absolute Gasteiger partial charge is 0.307 e. The summed E-state index contributed by atoms with van der Waals surface area (Å²) >= 11 is 5.00. The fourth-order valence-corrected chi connectivity index (χ4v) is 4.23. The van der Waals surface area contributed by atoms with E-state index < -0.39 is 5.97 Å². The van der Waals surface area contributed by atoms with Crippen molar-refractivity contribution < 1.29 is 14.3 Å². The molecule has 0 aliphatic carbocycles. The number of aliphatic carboxylic acids is 1. The highest BCUT2D eigenvalue weighted by Crippen LogP contribution is 2.33. The van der Waals surface area contributed by atoms with Crippen molar-refractivity contribution in [2.24, 2.45) is 0 Å². The molecule has 0 atom stereocenters. The minimum Gasteiger partial charge on any atom is -0.481 e. The number of carboxylic acid groups (broad SMARTS) is 1. The highest BCUT2D eigenvalue weighted by Gasteiger charge is 2.14. The summed E-state index contributed by atoms with van der Waals surface area (Å²) in [5, 5.41) is 10.0. The Morgan fingerprint density at radius 3 is 2.67 bits per heavy atom. The van der Waals surface area contributed by atoms with Gasteiger partial charge in [0.25, 0.3) is 0 Å². The van der Waals surface area contributed by atoms with Gasteiger partial charge >= 0.3 is 5.97 Å². The molecule has 0 saturated carbocycles. The van der Waals surface area contributed by atoms with Crippen molar-refractivity contribution in [2.75, 3.05) is 0 Å². The fourth-order valence-electron chi connectivity index (χ4n) is 2.77. The number of carbonyl (C=O) groups is 1. The Morgan fingerprint density at radius 2 is 1.89 bits per heavy atom. The largest absolute Gasteiger partial charge is 0.481 e. The van der Waals surface area contributed by atoms with Crippen molar-refractivity contribution >= 4 is 55.1 Å². The van der Waals surface area contributed by atoms with Crippen LogP contribution in [-0.2, 0) is 4.79 Å². The molecule has 134 valence electrons. The van der Waals surface area contributed by atoms with E-state index in [1.807, 2.05) is 60.7 Å². The fraction of sp³-hybridized carbons (Fsp3) is 0.0476. The average molecular weight is 440 g/mol. The number of thiazole rings is 1. The third kappa shape index (κ3) is 3.86. The summed E-state index contributed by atoms with van der Waals surface area (Å²) in [4.78, 5) is 15.9. The Bertz CT molecular complexity index is 1130. The minimum absolute atomic E-state index is 0.120. The monoisotopic (exact) mass is 439 g/mol. The van der Waals surface area contributed by atoms with Crippen molar-refractivity contribution in [3.8, 4) is 11.3 Å². The van der Waals surface area contributed by atoms with Crippen molar-refractivity contribution in [3.63, 3.8) is 0 Å². The summed E-state index contributed by atoms with van der Waals surface area (Å²) in [5.74, 6) is 0.405. The SMILES string of the molecule is O=C(O)C/C(=C/c1ccc(-c2ccccc2Br)o1)c1nc2ccccc2s1. The van der Waals surface area contributed by atoms with Crippen LogP contribution in [0.25, 0.3) is 33.2 Å². The summed E-state index contributed by atoms with van der Waals surface area (Å²) in [6.07, 6.45) is 1.64. The molecule has 0 radical (unpaired) electrons. The zero-order valence-corrected chi connectivity index (χ0v) is 16.5. The normalized spacial score (nSPS) is 11.8. The molecule has 0 spiro atoms. The van der Waals surface area contributed by atoms with Crippen LogP contribution in [0.3, 0.4) is 0 Å². The lowest BCUT2D eigenvalue weighted by molar-refractivity contribution is -0.135. The maximum atomic E-state index is 11.4. The maximum Gasteiger partial charge on any atom is 0.307 e. The molecule has 27 heavy (non-hydrogen) atoms. The molecule has 2 aromatic carbocycles. The van der Waals surface area contributed by atoms with Gasteiger partial charge in [-0.3, -0.25) is 4.79 Å². The Labute approximate surface area is 167 Å². The third-order valence-electron chi connectivity index (χ3n) is 3.99. The van der Waals surface area contributed by atoms with Gasteiger partial charge < -0.3 is 9.52 Å². The lowest BCUT2D eigenvalue weighted by Gasteiger charge is -2.01. The van der Waals surface area contributed by atoms with Gasteiger partial charge in [-0.05, 0) is 36.4 Å². The number of fused-ring (bicyclic) bond motifs is 1. The van der Waals surface area contributed by atoms with Gasteiger partial charge in [-0.2, -0.15) is 0 Å². The number of carboxylic acids is 1. The maximum absolute atomic E-state index is 11.4. The lowest BCUT2D eigenvalue weighted by atomic mass is 10.1. The standard InChI is InChI=1S/C21H14BrNO3S/c22-16-6-2-1-5-15(16)18-10-9-14(26-18)11-13(12-20(24)25)21-23-17-7-3-4-8-19(17)27-21/h1-11H,12H2,(H,24,25)/b13-11-. The highest BCUT2D eigenvalue weighted by molar-refractivity contribution is 9.10. The summed E-state index contributed by atoms with van der Waals surface area (Å²) < 4.78 is 7.90. The van der Waals surface area contributed by atoms with E-state index >= 15 is 0 Å². The number of rotatable bonds is 5. The molecule has 4 rings (SSSR count). The first-order valence-electron chi connectivity index (χ1n) is 8.23. The molecule has 4 nitrogen and oxygen atoms in total. The number of para-hydroxylation sites is 1. The molecule has 4 aromatic rings. The Morgan fingerprint density at radius 1 is 1.11 bits per heavy atom. The number of hydrogen-bond acceptors (Lipinski definition) is 4. The van der Waals surface area contributed by atoms with Crippen LogP contribution < -0.4 is 0 Å². The Hall–Kier alpha value is -2.70. The Kier molecular flexibility index (Phi) is 4.92. The molecule has 0 bridgehead atoms. The molecule has 1 N–H and O–H groups in total. The van der Waals surface area contributed by atoms with E-state index in [-0.39, 0.29) is 6.42 Å². The Balaban J connectivity index is 1.73. The summed E-state index contributed by atoms with van der Waals surface area (Å²) in [5.41, 5.74) is 2.43. The average Bonchev–Trinajstić information content (AvgIpc) is 3.28.